The molecule has 0 saturated carbocycles. The summed E-state index contributed by atoms with van der Waals surface area (Å²) < 4.78 is 6.65. The highest BCUT2D eigenvalue weighted by molar-refractivity contribution is 9.10. The van der Waals surface area contributed by atoms with Crippen LogP contribution in [0.25, 0.3) is 11.0 Å². The molecule has 0 saturated heterocycles. The van der Waals surface area contributed by atoms with Crippen LogP contribution in [0.5, 0.6) is 11.6 Å². The molecule has 3 rings (SSSR count). The van der Waals surface area contributed by atoms with Gasteiger partial charge in [-0.15, -0.1) is 0 Å². The lowest BCUT2D eigenvalue weighted by Crippen LogP contribution is -1.99. The number of rotatable bonds is 3. The van der Waals surface area contributed by atoms with E-state index in [0.717, 1.165) is 4.47 Å². The molecular formula is C12H9BrClN5O. The largest absolute Gasteiger partial charge is 0.436 e. The molecule has 102 valence electrons. The standard InChI is InChI=1S/C12H9BrClN5O/c1-15-12-17-10-7(5-16-19-10)11(18-12)20-9-3-2-6(13)4-8(9)14/h2-5H,1H3,(H2,15,16,17,18,19). The van der Waals surface area contributed by atoms with E-state index in [1.807, 2.05) is 6.07 Å². The number of H-pyrrole nitrogens is 1. The first kappa shape index (κ1) is 13.1. The van der Waals surface area contributed by atoms with Crippen LogP contribution in [0.2, 0.25) is 5.02 Å². The number of anilines is 1. The van der Waals surface area contributed by atoms with Crippen LogP contribution in [0.15, 0.2) is 28.9 Å². The van der Waals surface area contributed by atoms with Gasteiger partial charge in [0.15, 0.2) is 5.65 Å². The zero-order valence-corrected chi connectivity index (χ0v) is 12.7. The minimum absolute atomic E-state index is 0.386. The van der Waals surface area contributed by atoms with Gasteiger partial charge in [-0.25, -0.2) is 0 Å². The number of hydrogen-bond acceptors (Lipinski definition) is 5. The Hall–Kier alpha value is -1.86. The monoisotopic (exact) mass is 353 g/mol. The molecule has 2 N–H and O–H groups in total. The molecule has 2 aromatic heterocycles. The summed E-state index contributed by atoms with van der Waals surface area (Å²) in [6, 6.07) is 5.36. The van der Waals surface area contributed by atoms with Crippen molar-refractivity contribution < 1.29 is 4.74 Å². The summed E-state index contributed by atoms with van der Waals surface area (Å²) in [7, 11) is 1.73. The molecule has 0 spiro atoms. The quantitative estimate of drug-likeness (QED) is 0.751. The van der Waals surface area contributed by atoms with Crippen LogP contribution in [0.1, 0.15) is 0 Å². The number of aromatic amines is 1. The first-order valence-electron chi connectivity index (χ1n) is 5.69. The molecule has 0 bridgehead atoms. The van der Waals surface area contributed by atoms with E-state index in [0.29, 0.717) is 33.6 Å². The topological polar surface area (TPSA) is 75.7 Å². The maximum atomic E-state index is 6.14. The highest BCUT2D eigenvalue weighted by atomic mass is 79.9. The van der Waals surface area contributed by atoms with Crippen molar-refractivity contribution in [3.05, 3.63) is 33.9 Å². The van der Waals surface area contributed by atoms with E-state index < -0.39 is 0 Å². The van der Waals surface area contributed by atoms with Crippen LogP contribution in [0.3, 0.4) is 0 Å². The first-order chi connectivity index (χ1) is 9.67. The molecule has 0 radical (unpaired) electrons. The van der Waals surface area contributed by atoms with E-state index in [9.17, 15) is 0 Å². The summed E-state index contributed by atoms with van der Waals surface area (Å²) in [6.07, 6.45) is 1.61. The van der Waals surface area contributed by atoms with Gasteiger partial charge in [0.05, 0.1) is 11.2 Å². The second kappa shape index (κ2) is 5.26. The fourth-order valence-corrected chi connectivity index (χ4v) is 2.37. The van der Waals surface area contributed by atoms with Crippen LogP contribution in [0.4, 0.5) is 5.95 Å². The van der Waals surface area contributed by atoms with Gasteiger partial charge in [0.1, 0.15) is 11.1 Å². The zero-order chi connectivity index (χ0) is 14.1. The number of aromatic nitrogens is 4. The van der Waals surface area contributed by atoms with E-state index in [-0.39, 0.29) is 0 Å². The Morgan fingerprint density at radius 2 is 2.20 bits per heavy atom. The van der Waals surface area contributed by atoms with Crippen molar-refractivity contribution in [1.82, 2.24) is 20.2 Å². The Labute approximate surface area is 127 Å². The Balaban J connectivity index is 2.07. The maximum absolute atomic E-state index is 6.14. The van der Waals surface area contributed by atoms with E-state index in [4.69, 9.17) is 16.3 Å². The summed E-state index contributed by atoms with van der Waals surface area (Å²) >= 11 is 9.49. The molecule has 3 aromatic rings. The van der Waals surface area contributed by atoms with Gasteiger partial charge in [-0.1, -0.05) is 27.5 Å². The highest BCUT2D eigenvalue weighted by Crippen LogP contribution is 2.33. The molecule has 0 amide bonds. The third-order valence-corrected chi connectivity index (χ3v) is 3.39. The Bertz CT molecular complexity index is 776. The molecule has 0 atom stereocenters. The second-order valence-electron chi connectivity index (χ2n) is 3.91. The van der Waals surface area contributed by atoms with Crippen molar-refractivity contribution in [2.24, 2.45) is 0 Å². The van der Waals surface area contributed by atoms with Crippen LogP contribution in [-0.4, -0.2) is 27.2 Å². The van der Waals surface area contributed by atoms with Gasteiger partial charge in [-0.3, -0.25) is 5.10 Å². The summed E-state index contributed by atoms with van der Waals surface area (Å²) in [6.45, 7) is 0. The van der Waals surface area contributed by atoms with Crippen LogP contribution >= 0.6 is 27.5 Å². The number of fused-ring (bicyclic) bond motifs is 1. The first-order valence-corrected chi connectivity index (χ1v) is 6.86. The van der Waals surface area contributed by atoms with Crippen molar-refractivity contribution >= 4 is 44.5 Å². The highest BCUT2D eigenvalue weighted by Gasteiger charge is 2.12. The van der Waals surface area contributed by atoms with E-state index in [1.165, 1.54) is 0 Å². The number of halogens is 2. The Morgan fingerprint density at radius 3 is 2.95 bits per heavy atom. The molecule has 0 fully saturated rings. The zero-order valence-electron chi connectivity index (χ0n) is 10.3. The summed E-state index contributed by atoms with van der Waals surface area (Å²) in [5, 5.41) is 10.8. The van der Waals surface area contributed by atoms with E-state index >= 15 is 0 Å². The van der Waals surface area contributed by atoms with Crippen LogP contribution in [0, 0.1) is 0 Å². The summed E-state index contributed by atoms with van der Waals surface area (Å²) in [5.41, 5.74) is 0.590. The molecular weight excluding hydrogens is 346 g/mol. The predicted octanol–water partition coefficient (Wildman–Crippen LogP) is 3.60. The molecule has 20 heavy (non-hydrogen) atoms. The van der Waals surface area contributed by atoms with E-state index in [1.54, 1.807) is 25.4 Å². The lowest BCUT2D eigenvalue weighted by atomic mass is 10.3. The molecule has 1 aromatic carbocycles. The number of nitrogens with one attached hydrogen (secondary N) is 2. The number of hydrogen-bond donors (Lipinski definition) is 2. The lowest BCUT2D eigenvalue weighted by Gasteiger charge is -2.08. The van der Waals surface area contributed by atoms with Gasteiger partial charge in [0.2, 0.25) is 11.8 Å². The Kier molecular flexibility index (Phi) is 3.45. The minimum Gasteiger partial charge on any atom is -0.436 e. The van der Waals surface area contributed by atoms with Crippen molar-refractivity contribution in [1.29, 1.82) is 0 Å². The average Bonchev–Trinajstić information content (AvgIpc) is 2.90. The van der Waals surface area contributed by atoms with Crippen LogP contribution < -0.4 is 10.1 Å². The molecule has 0 aliphatic heterocycles. The number of benzene rings is 1. The molecule has 0 aliphatic rings. The predicted molar refractivity (Wildman–Crippen MR) is 80.5 cm³/mol. The third kappa shape index (κ3) is 2.41. The fourth-order valence-electron chi connectivity index (χ4n) is 1.66. The summed E-state index contributed by atoms with van der Waals surface area (Å²) in [4.78, 5) is 8.51. The van der Waals surface area contributed by atoms with Crippen LogP contribution in [-0.2, 0) is 0 Å². The van der Waals surface area contributed by atoms with Crippen molar-refractivity contribution in [2.75, 3.05) is 12.4 Å². The van der Waals surface area contributed by atoms with Gasteiger partial charge in [-0.2, -0.15) is 15.1 Å². The number of nitrogens with zero attached hydrogens (tertiary/aromatic N) is 3. The smallest absolute Gasteiger partial charge is 0.235 e. The van der Waals surface area contributed by atoms with Gasteiger partial charge in [0.25, 0.3) is 0 Å². The normalized spacial score (nSPS) is 10.8. The van der Waals surface area contributed by atoms with Crippen molar-refractivity contribution in [3.63, 3.8) is 0 Å². The van der Waals surface area contributed by atoms with Gasteiger partial charge in [0, 0.05) is 11.5 Å². The molecule has 2 heterocycles. The van der Waals surface area contributed by atoms with Crippen molar-refractivity contribution in [2.45, 2.75) is 0 Å². The van der Waals surface area contributed by atoms with Gasteiger partial charge >= 0.3 is 0 Å². The molecule has 6 nitrogen and oxygen atoms in total. The minimum atomic E-state index is 0.386. The second-order valence-corrected chi connectivity index (χ2v) is 5.23. The Morgan fingerprint density at radius 1 is 1.35 bits per heavy atom. The lowest BCUT2D eigenvalue weighted by molar-refractivity contribution is 0.469. The molecule has 0 unspecified atom stereocenters. The SMILES string of the molecule is CNc1nc(Oc2ccc(Br)cc2Cl)c2cn[nH]c2n1. The maximum Gasteiger partial charge on any atom is 0.235 e. The third-order valence-electron chi connectivity index (χ3n) is 2.60. The number of ether oxygens (including phenoxy) is 1. The van der Waals surface area contributed by atoms with Gasteiger partial charge in [-0.05, 0) is 18.2 Å². The average molecular weight is 355 g/mol. The van der Waals surface area contributed by atoms with Crippen molar-refractivity contribution in [3.8, 4) is 11.6 Å². The van der Waals surface area contributed by atoms with E-state index in [2.05, 4.69) is 41.4 Å². The molecule has 8 heteroatoms. The fraction of sp³-hybridized carbons (Fsp3) is 0.0833. The molecule has 0 aliphatic carbocycles. The van der Waals surface area contributed by atoms with Gasteiger partial charge < -0.3 is 10.1 Å². The summed E-state index contributed by atoms with van der Waals surface area (Å²) in [5.74, 6) is 1.33.